The molecule has 2 aliphatic heterocycles. The number of ether oxygens (including phenoxy) is 1. The third-order valence-corrected chi connectivity index (χ3v) is 5.18. The number of anilines is 1. The molecule has 2 aliphatic rings. The molecule has 8 nitrogen and oxygen atoms in total. The molecule has 0 saturated carbocycles. The molecule has 3 amide bonds. The van der Waals surface area contributed by atoms with E-state index in [9.17, 15) is 19.2 Å². The summed E-state index contributed by atoms with van der Waals surface area (Å²) < 4.78 is 4.99. The van der Waals surface area contributed by atoms with E-state index in [1.165, 1.54) is 6.92 Å². The van der Waals surface area contributed by atoms with E-state index >= 15 is 0 Å². The summed E-state index contributed by atoms with van der Waals surface area (Å²) in [6.45, 7) is 5.65. The van der Waals surface area contributed by atoms with E-state index in [2.05, 4.69) is 0 Å². The van der Waals surface area contributed by atoms with Gasteiger partial charge in [0, 0.05) is 50.4 Å². The van der Waals surface area contributed by atoms with E-state index in [1.807, 2.05) is 0 Å². The molecule has 0 aliphatic carbocycles. The summed E-state index contributed by atoms with van der Waals surface area (Å²) in [5.41, 5.74) is 1.28. The van der Waals surface area contributed by atoms with Crippen LogP contribution in [-0.2, 0) is 14.3 Å². The van der Waals surface area contributed by atoms with E-state index in [-0.39, 0.29) is 30.1 Å². The zero-order valence-corrected chi connectivity index (χ0v) is 16.2. The van der Waals surface area contributed by atoms with Gasteiger partial charge < -0.3 is 19.4 Å². The normalized spacial score (nSPS) is 19.7. The summed E-state index contributed by atoms with van der Waals surface area (Å²) in [4.78, 5) is 53.3. The van der Waals surface area contributed by atoms with E-state index < -0.39 is 5.92 Å². The SMILES string of the molecule is CCOC(=O)N1CCN(C(=O)C2CC(=O)N(c3ccc(C(C)=O)cc3)C2)CC1. The average molecular weight is 387 g/mol. The molecule has 0 radical (unpaired) electrons. The molecule has 2 heterocycles. The third kappa shape index (κ3) is 4.16. The Balaban J connectivity index is 1.58. The van der Waals surface area contributed by atoms with Gasteiger partial charge in [-0.1, -0.05) is 0 Å². The summed E-state index contributed by atoms with van der Waals surface area (Å²) in [6, 6.07) is 6.85. The number of rotatable bonds is 4. The van der Waals surface area contributed by atoms with Crippen molar-refractivity contribution in [3.8, 4) is 0 Å². The molecule has 1 aromatic carbocycles. The third-order valence-electron chi connectivity index (χ3n) is 5.18. The van der Waals surface area contributed by atoms with E-state index in [4.69, 9.17) is 4.74 Å². The molecule has 1 aromatic rings. The number of Topliss-reactive ketones (excluding diaryl/α,β-unsaturated/α-hetero) is 1. The largest absolute Gasteiger partial charge is 0.450 e. The minimum Gasteiger partial charge on any atom is -0.450 e. The second-order valence-electron chi connectivity index (χ2n) is 7.02. The van der Waals surface area contributed by atoms with Crippen LogP contribution in [0.4, 0.5) is 10.5 Å². The van der Waals surface area contributed by atoms with Gasteiger partial charge in [-0.25, -0.2) is 4.79 Å². The number of piperazine rings is 1. The highest BCUT2D eigenvalue weighted by Crippen LogP contribution is 2.27. The zero-order chi connectivity index (χ0) is 20.3. The molecule has 8 heteroatoms. The van der Waals surface area contributed by atoms with Crippen molar-refractivity contribution in [3.05, 3.63) is 29.8 Å². The molecule has 0 spiro atoms. The number of nitrogens with zero attached hydrogens (tertiary/aromatic N) is 3. The van der Waals surface area contributed by atoms with Gasteiger partial charge in [-0.2, -0.15) is 0 Å². The van der Waals surface area contributed by atoms with Crippen LogP contribution in [0.25, 0.3) is 0 Å². The summed E-state index contributed by atoms with van der Waals surface area (Å²) in [7, 11) is 0. The molecular formula is C20H25N3O5. The van der Waals surface area contributed by atoms with Gasteiger partial charge in [-0.15, -0.1) is 0 Å². The van der Waals surface area contributed by atoms with E-state index in [1.54, 1.807) is 45.9 Å². The lowest BCUT2D eigenvalue weighted by atomic mass is 10.1. The van der Waals surface area contributed by atoms with Crippen LogP contribution in [0.1, 0.15) is 30.6 Å². The predicted molar refractivity (Wildman–Crippen MR) is 102 cm³/mol. The second kappa shape index (κ2) is 8.41. The fourth-order valence-corrected chi connectivity index (χ4v) is 3.58. The average Bonchev–Trinajstić information content (AvgIpc) is 3.09. The van der Waals surface area contributed by atoms with Gasteiger partial charge >= 0.3 is 6.09 Å². The van der Waals surface area contributed by atoms with Crippen LogP contribution >= 0.6 is 0 Å². The Bertz CT molecular complexity index is 769. The number of hydrogen-bond acceptors (Lipinski definition) is 5. The smallest absolute Gasteiger partial charge is 0.409 e. The van der Waals surface area contributed by atoms with Crippen LogP contribution in [-0.4, -0.2) is 72.8 Å². The van der Waals surface area contributed by atoms with Crippen LogP contribution in [0.15, 0.2) is 24.3 Å². The number of carbonyl (C=O) groups is 4. The van der Waals surface area contributed by atoms with Crippen molar-refractivity contribution in [3.63, 3.8) is 0 Å². The van der Waals surface area contributed by atoms with Crippen molar-refractivity contribution in [2.75, 3.05) is 44.2 Å². The van der Waals surface area contributed by atoms with Crippen LogP contribution in [0.2, 0.25) is 0 Å². The first-order valence-electron chi connectivity index (χ1n) is 9.52. The summed E-state index contributed by atoms with van der Waals surface area (Å²) in [5, 5.41) is 0. The number of carbonyl (C=O) groups excluding carboxylic acids is 4. The maximum atomic E-state index is 12.8. The van der Waals surface area contributed by atoms with Gasteiger partial charge in [0.25, 0.3) is 0 Å². The van der Waals surface area contributed by atoms with Gasteiger partial charge in [0.1, 0.15) is 0 Å². The fraction of sp³-hybridized carbons (Fsp3) is 0.500. The number of ketones is 1. The molecule has 0 aromatic heterocycles. The summed E-state index contributed by atoms with van der Waals surface area (Å²) >= 11 is 0. The molecule has 1 unspecified atom stereocenters. The highest BCUT2D eigenvalue weighted by molar-refractivity contribution is 6.01. The number of hydrogen-bond donors (Lipinski definition) is 0. The Labute approximate surface area is 164 Å². The van der Waals surface area contributed by atoms with Crippen molar-refractivity contribution >= 4 is 29.4 Å². The van der Waals surface area contributed by atoms with Crippen molar-refractivity contribution in [1.29, 1.82) is 0 Å². The topological polar surface area (TPSA) is 87.2 Å². The van der Waals surface area contributed by atoms with Crippen LogP contribution in [0, 0.1) is 5.92 Å². The fourth-order valence-electron chi connectivity index (χ4n) is 3.58. The van der Waals surface area contributed by atoms with Crippen molar-refractivity contribution in [2.45, 2.75) is 20.3 Å². The first kappa shape index (κ1) is 19.9. The molecule has 2 saturated heterocycles. The van der Waals surface area contributed by atoms with Crippen LogP contribution in [0.5, 0.6) is 0 Å². The van der Waals surface area contributed by atoms with Gasteiger partial charge in [-0.3, -0.25) is 14.4 Å². The maximum absolute atomic E-state index is 12.8. The van der Waals surface area contributed by atoms with Gasteiger partial charge in [0.15, 0.2) is 5.78 Å². The molecule has 1 atom stereocenters. The molecule has 0 N–H and O–H groups in total. The first-order valence-corrected chi connectivity index (χ1v) is 9.52. The molecular weight excluding hydrogens is 362 g/mol. The Kier molecular flexibility index (Phi) is 5.96. The van der Waals surface area contributed by atoms with Gasteiger partial charge in [-0.05, 0) is 38.1 Å². The maximum Gasteiger partial charge on any atom is 0.409 e. The number of amides is 3. The lowest BCUT2D eigenvalue weighted by molar-refractivity contribution is -0.137. The van der Waals surface area contributed by atoms with E-state index in [0.29, 0.717) is 50.6 Å². The molecule has 0 bridgehead atoms. The predicted octanol–water partition coefficient (Wildman–Crippen LogP) is 1.54. The van der Waals surface area contributed by atoms with Crippen LogP contribution < -0.4 is 4.90 Å². The van der Waals surface area contributed by atoms with E-state index in [0.717, 1.165) is 0 Å². The zero-order valence-electron chi connectivity index (χ0n) is 16.2. The first-order chi connectivity index (χ1) is 13.4. The monoisotopic (exact) mass is 387 g/mol. The lowest BCUT2D eigenvalue weighted by Crippen LogP contribution is -2.52. The summed E-state index contributed by atoms with van der Waals surface area (Å²) in [5.74, 6) is -0.581. The Hall–Kier alpha value is -2.90. The van der Waals surface area contributed by atoms with Gasteiger partial charge in [0.2, 0.25) is 11.8 Å². The van der Waals surface area contributed by atoms with Gasteiger partial charge in [0.05, 0.1) is 12.5 Å². The Morgan fingerprint density at radius 1 is 1.04 bits per heavy atom. The minimum absolute atomic E-state index is 0.0330. The molecule has 28 heavy (non-hydrogen) atoms. The van der Waals surface area contributed by atoms with Crippen LogP contribution in [0.3, 0.4) is 0 Å². The lowest BCUT2D eigenvalue weighted by Gasteiger charge is -2.35. The number of benzene rings is 1. The van der Waals surface area contributed by atoms with Crippen molar-refractivity contribution < 1.29 is 23.9 Å². The Morgan fingerprint density at radius 3 is 2.21 bits per heavy atom. The highest BCUT2D eigenvalue weighted by atomic mass is 16.6. The molecule has 150 valence electrons. The van der Waals surface area contributed by atoms with Crippen molar-refractivity contribution in [1.82, 2.24) is 9.80 Å². The quantitative estimate of drug-likeness (QED) is 0.732. The second-order valence-corrected chi connectivity index (χ2v) is 7.02. The standard InChI is InChI=1S/C20H25N3O5/c1-3-28-20(27)22-10-8-21(9-11-22)19(26)16-12-18(25)23(13-16)17-6-4-15(5-7-17)14(2)24/h4-7,16H,3,8-13H2,1-2H3. The Morgan fingerprint density at radius 2 is 1.64 bits per heavy atom. The molecule has 2 fully saturated rings. The minimum atomic E-state index is -0.394. The molecule has 3 rings (SSSR count). The highest BCUT2D eigenvalue weighted by Gasteiger charge is 2.38. The summed E-state index contributed by atoms with van der Waals surface area (Å²) in [6.07, 6.45) is -0.184. The van der Waals surface area contributed by atoms with Crippen molar-refractivity contribution in [2.24, 2.45) is 5.92 Å².